The van der Waals surface area contributed by atoms with Gasteiger partial charge in [0.2, 0.25) is 17.5 Å². The van der Waals surface area contributed by atoms with Gasteiger partial charge in [-0.25, -0.2) is 4.98 Å². The lowest BCUT2D eigenvalue weighted by molar-refractivity contribution is 0.297. The number of nitriles is 1. The van der Waals surface area contributed by atoms with Crippen LogP contribution in [0.25, 0.3) is 0 Å². The summed E-state index contributed by atoms with van der Waals surface area (Å²) in [4.78, 5) is 13.4. The Morgan fingerprint density at radius 2 is 1.84 bits per heavy atom. The number of oxazole rings is 1. The Morgan fingerprint density at radius 3 is 2.65 bits per heavy atom. The zero-order valence-corrected chi connectivity index (χ0v) is 17.7. The molecule has 3 heterocycles. The van der Waals surface area contributed by atoms with E-state index in [1.807, 2.05) is 18.5 Å². The first-order valence-electron chi connectivity index (χ1n) is 11.1. The van der Waals surface area contributed by atoms with Crippen LogP contribution < -0.4 is 4.90 Å². The van der Waals surface area contributed by atoms with Crippen molar-refractivity contribution in [2.45, 2.75) is 31.1 Å². The van der Waals surface area contributed by atoms with E-state index in [4.69, 9.17) is 4.42 Å². The van der Waals surface area contributed by atoms with Crippen molar-refractivity contribution in [3.8, 4) is 6.07 Å². The molecule has 0 spiro atoms. The van der Waals surface area contributed by atoms with Crippen LogP contribution in [0.2, 0.25) is 0 Å². The lowest BCUT2D eigenvalue weighted by Gasteiger charge is -2.21. The van der Waals surface area contributed by atoms with Gasteiger partial charge in [0.25, 0.3) is 0 Å². The lowest BCUT2D eigenvalue weighted by atomic mass is 10.1. The zero-order chi connectivity index (χ0) is 21.0. The van der Waals surface area contributed by atoms with Crippen LogP contribution >= 0.6 is 0 Å². The molecule has 1 saturated carbocycles. The molecule has 31 heavy (non-hydrogen) atoms. The molecule has 158 valence electrons. The summed E-state index contributed by atoms with van der Waals surface area (Å²) in [5.41, 5.74) is 3.07. The van der Waals surface area contributed by atoms with Gasteiger partial charge < -0.3 is 14.2 Å². The normalized spacial score (nSPS) is 21.5. The minimum Gasteiger partial charge on any atom is -0.423 e. The number of anilines is 1. The van der Waals surface area contributed by atoms with E-state index in [0.29, 0.717) is 17.5 Å². The molecule has 0 amide bonds. The first kappa shape index (κ1) is 19.8. The highest BCUT2D eigenvalue weighted by Crippen LogP contribution is 2.54. The van der Waals surface area contributed by atoms with Crippen LogP contribution in [0.3, 0.4) is 0 Å². The molecular weight excluding hydrogens is 386 g/mol. The van der Waals surface area contributed by atoms with Crippen LogP contribution in [0.1, 0.15) is 47.4 Å². The predicted molar refractivity (Wildman–Crippen MR) is 119 cm³/mol. The summed E-state index contributed by atoms with van der Waals surface area (Å²) in [7, 11) is 0. The Labute approximate surface area is 183 Å². The van der Waals surface area contributed by atoms with Gasteiger partial charge >= 0.3 is 0 Å². The first-order valence-corrected chi connectivity index (χ1v) is 11.1. The van der Waals surface area contributed by atoms with Crippen molar-refractivity contribution in [1.82, 2.24) is 14.9 Å². The molecule has 1 aromatic carbocycles. The average molecular weight is 414 g/mol. The molecule has 6 heteroatoms. The summed E-state index contributed by atoms with van der Waals surface area (Å²) in [6, 6.07) is 16.9. The molecule has 0 N–H and O–H groups in total. The van der Waals surface area contributed by atoms with Gasteiger partial charge in [0, 0.05) is 44.5 Å². The van der Waals surface area contributed by atoms with Crippen molar-refractivity contribution in [3.05, 3.63) is 77.6 Å². The van der Waals surface area contributed by atoms with Crippen LogP contribution in [0.15, 0.2) is 59.3 Å². The second kappa shape index (κ2) is 8.91. The summed E-state index contributed by atoms with van der Waals surface area (Å²) >= 11 is 0. The third-order valence-corrected chi connectivity index (χ3v) is 6.41. The minimum atomic E-state index is 0.284. The van der Waals surface area contributed by atoms with Crippen LogP contribution in [0.5, 0.6) is 0 Å². The first-order chi connectivity index (χ1) is 15.3. The molecule has 5 rings (SSSR count). The van der Waals surface area contributed by atoms with Crippen molar-refractivity contribution in [1.29, 1.82) is 5.26 Å². The Balaban J connectivity index is 1.23. The number of benzene rings is 1. The standard InChI is InChI=1S/C25H27N5O/c26-18-23-25(31-24(28-23)22-17-21(22)20-5-2-1-3-6-20)30-13-4-12-29(15-16-30)14-9-19-7-10-27-11-8-19/h1-3,5-8,10-11,21-22H,4,9,12-17H2/t21-,22+/m1/s1. The largest absolute Gasteiger partial charge is 0.423 e. The Kier molecular flexibility index (Phi) is 5.68. The fourth-order valence-electron chi connectivity index (χ4n) is 4.54. The quantitative estimate of drug-likeness (QED) is 0.609. The van der Waals surface area contributed by atoms with Gasteiger partial charge in [-0.1, -0.05) is 30.3 Å². The predicted octanol–water partition coefficient (Wildman–Crippen LogP) is 3.97. The molecule has 1 aliphatic heterocycles. The third-order valence-electron chi connectivity index (χ3n) is 6.41. The van der Waals surface area contributed by atoms with Gasteiger partial charge in [-0.05, 0) is 55.0 Å². The molecule has 2 fully saturated rings. The van der Waals surface area contributed by atoms with Crippen LogP contribution in [-0.4, -0.2) is 47.6 Å². The van der Waals surface area contributed by atoms with Crippen molar-refractivity contribution in [2.75, 3.05) is 37.6 Å². The highest BCUT2D eigenvalue weighted by molar-refractivity contribution is 5.49. The summed E-state index contributed by atoms with van der Waals surface area (Å²) in [5.74, 6) is 2.12. The van der Waals surface area contributed by atoms with Crippen LogP contribution in [-0.2, 0) is 6.42 Å². The van der Waals surface area contributed by atoms with E-state index in [0.717, 1.165) is 57.9 Å². The lowest BCUT2D eigenvalue weighted by Crippen LogP contribution is -2.32. The van der Waals surface area contributed by atoms with E-state index in [9.17, 15) is 5.26 Å². The number of nitrogens with zero attached hydrogens (tertiary/aromatic N) is 5. The molecule has 0 radical (unpaired) electrons. The number of hydrogen-bond acceptors (Lipinski definition) is 6. The summed E-state index contributed by atoms with van der Waals surface area (Å²) in [6.07, 6.45) is 6.82. The average Bonchev–Trinajstić information content (AvgIpc) is 3.57. The van der Waals surface area contributed by atoms with Gasteiger partial charge in [0.1, 0.15) is 6.07 Å². The van der Waals surface area contributed by atoms with Crippen LogP contribution in [0, 0.1) is 11.3 Å². The second-order valence-electron chi connectivity index (χ2n) is 8.46. The van der Waals surface area contributed by atoms with Gasteiger partial charge in [-0.3, -0.25) is 4.98 Å². The van der Waals surface area contributed by atoms with Crippen molar-refractivity contribution < 1.29 is 4.42 Å². The molecule has 0 unspecified atom stereocenters. The molecule has 2 aliphatic rings. The number of aromatic nitrogens is 2. The Bertz CT molecular complexity index is 1040. The fraction of sp³-hybridized carbons (Fsp3) is 0.400. The molecule has 3 aromatic rings. The summed E-state index contributed by atoms with van der Waals surface area (Å²) in [6.45, 7) is 4.80. The van der Waals surface area contributed by atoms with E-state index in [-0.39, 0.29) is 5.92 Å². The van der Waals surface area contributed by atoms with E-state index < -0.39 is 0 Å². The molecule has 2 atom stereocenters. The van der Waals surface area contributed by atoms with Crippen molar-refractivity contribution >= 4 is 5.88 Å². The second-order valence-corrected chi connectivity index (χ2v) is 8.46. The molecule has 1 saturated heterocycles. The van der Waals surface area contributed by atoms with Gasteiger partial charge in [0.05, 0.1) is 0 Å². The molecule has 1 aliphatic carbocycles. The third kappa shape index (κ3) is 4.47. The number of rotatable bonds is 6. The molecular formula is C25H27N5O. The topological polar surface area (TPSA) is 69.2 Å². The summed E-state index contributed by atoms with van der Waals surface area (Å²) in [5, 5.41) is 9.67. The highest BCUT2D eigenvalue weighted by atomic mass is 16.4. The van der Waals surface area contributed by atoms with Crippen molar-refractivity contribution in [3.63, 3.8) is 0 Å². The monoisotopic (exact) mass is 413 g/mol. The summed E-state index contributed by atoms with van der Waals surface area (Å²) < 4.78 is 6.21. The van der Waals surface area contributed by atoms with E-state index in [1.165, 1.54) is 11.1 Å². The SMILES string of the molecule is N#Cc1nc([C@H]2C[C@@H]2c2ccccc2)oc1N1CCCN(CCc2ccncc2)CC1. The minimum absolute atomic E-state index is 0.284. The molecule has 0 bridgehead atoms. The number of pyridine rings is 1. The zero-order valence-electron chi connectivity index (χ0n) is 17.7. The maximum atomic E-state index is 9.67. The Hall–Kier alpha value is -3.17. The van der Waals surface area contributed by atoms with E-state index in [2.05, 4.69) is 62.2 Å². The smallest absolute Gasteiger partial charge is 0.234 e. The maximum absolute atomic E-state index is 9.67. The van der Waals surface area contributed by atoms with Crippen LogP contribution in [0.4, 0.5) is 5.88 Å². The van der Waals surface area contributed by atoms with E-state index in [1.54, 1.807) is 0 Å². The highest BCUT2D eigenvalue weighted by Gasteiger charge is 2.44. The van der Waals surface area contributed by atoms with Gasteiger partial charge in [-0.15, -0.1) is 0 Å². The van der Waals surface area contributed by atoms with E-state index >= 15 is 0 Å². The maximum Gasteiger partial charge on any atom is 0.234 e. The fourth-order valence-corrected chi connectivity index (χ4v) is 4.54. The molecule has 2 aromatic heterocycles. The van der Waals surface area contributed by atoms with Crippen molar-refractivity contribution in [2.24, 2.45) is 0 Å². The molecule has 6 nitrogen and oxygen atoms in total. The van der Waals surface area contributed by atoms with Gasteiger partial charge in [-0.2, -0.15) is 5.26 Å². The van der Waals surface area contributed by atoms with Gasteiger partial charge in [0.15, 0.2) is 0 Å². The number of hydrogen-bond donors (Lipinski definition) is 0. The Morgan fingerprint density at radius 1 is 1.00 bits per heavy atom.